The number of carbonyl (C=O) groups is 1. The second-order valence-electron chi connectivity index (χ2n) is 6.67. The number of benzene rings is 1. The fourth-order valence-electron chi connectivity index (χ4n) is 3.55. The van der Waals surface area contributed by atoms with Gasteiger partial charge >= 0.3 is 0 Å². The number of pyridine rings is 1. The van der Waals surface area contributed by atoms with Crippen molar-refractivity contribution in [1.82, 2.24) is 9.47 Å². The molecule has 8 heteroatoms. The zero-order valence-corrected chi connectivity index (χ0v) is 14.7. The molecule has 0 spiro atoms. The highest BCUT2D eigenvalue weighted by atomic mass is 19.1. The van der Waals surface area contributed by atoms with E-state index >= 15 is 0 Å². The molecule has 1 aromatic carbocycles. The number of carbonyl (C=O) groups excluding carboxylic acids is 1. The molecule has 0 saturated carbocycles. The summed E-state index contributed by atoms with van der Waals surface area (Å²) in [6.45, 7) is 3.53. The molecule has 4 rings (SSSR count). The van der Waals surface area contributed by atoms with Crippen LogP contribution < -0.4 is 10.3 Å². The maximum atomic E-state index is 13.1. The number of amides is 1. The van der Waals surface area contributed by atoms with Crippen LogP contribution in [0.5, 0.6) is 5.75 Å². The first-order valence-corrected chi connectivity index (χ1v) is 8.88. The number of anilines is 1. The molecule has 0 radical (unpaired) electrons. The molecular weight excluding hydrogens is 353 g/mol. The average molecular weight is 373 g/mol. The summed E-state index contributed by atoms with van der Waals surface area (Å²) in [6.07, 6.45) is 0. The van der Waals surface area contributed by atoms with Gasteiger partial charge in [0.15, 0.2) is 11.4 Å². The second-order valence-corrected chi connectivity index (χ2v) is 6.67. The van der Waals surface area contributed by atoms with Gasteiger partial charge in [-0.1, -0.05) is 12.1 Å². The van der Waals surface area contributed by atoms with E-state index in [2.05, 4.69) is 0 Å². The van der Waals surface area contributed by atoms with E-state index in [1.165, 1.54) is 18.2 Å². The first-order valence-electron chi connectivity index (χ1n) is 8.88. The number of fused-ring (bicyclic) bond motifs is 1. The Kier molecular flexibility index (Phi) is 4.57. The third kappa shape index (κ3) is 3.28. The highest BCUT2D eigenvalue weighted by molar-refractivity contribution is 5.96. The minimum atomic E-state index is -0.570. The number of aromatic hydroxyl groups is 1. The van der Waals surface area contributed by atoms with Gasteiger partial charge in [-0.05, 0) is 17.7 Å². The minimum absolute atomic E-state index is 0.0114. The van der Waals surface area contributed by atoms with Gasteiger partial charge in [-0.2, -0.15) is 0 Å². The lowest BCUT2D eigenvalue weighted by molar-refractivity contribution is 0.0683. The summed E-state index contributed by atoms with van der Waals surface area (Å²) in [5.74, 6) is -0.643. The Balaban J connectivity index is 1.68. The van der Waals surface area contributed by atoms with Gasteiger partial charge in [0.25, 0.3) is 5.91 Å². The number of morpholine rings is 1. The van der Waals surface area contributed by atoms with E-state index < -0.39 is 17.1 Å². The molecule has 1 N–H and O–H groups in total. The Bertz CT molecular complexity index is 920. The highest BCUT2D eigenvalue weighted by Gasteiger charge is 2.31. The fourth-order valence-corrected chi connectivity index (χ4v) is 3.55. The topological polar surface area (TPSA) is 75.0 Å². The number of ether oxygens (including phenoxy) is 1. The van der Waals surface area contributed by atoms with Crippen molar-refractivity contribution < 1.29 is 19.0 Å². The maximum Gasteiger partial charge on any atom is 0.274 e. The number of hydrogen-bond donors (Lipinski definition) is 1. The van der Waals surface area contributed by atoms with E-state index in [0.717, 1.165) is 5.56 Å². The third-order valence-electron chi connectivity index (χ3n) is 4.97. The maximum absolute atomic E-state index is 13.1. The molecular formula is C19H20FN3O4. The fraction of sp³-hybridized carbons (Fsp3) is 0.368. The summed E-state index contributed by atoms with van der Waals surface area (Å²) in [4.78, 5) is 28.8. The van der Waals surface area contributed by atoms with Gasteiger partial charge in [0, 0.05) is 38.8 Å². The molecule has 27 heavy (non-hydrogen) atoms. The quantitative estimate of drug-likeness (QED) is 0.875. The van der Waals surface area contributed by atoms with Crippen LogP contribution in [-0.4, -0.2) is 53.3 Å². The monoisotopic (exact) mass is 373 g/mol. The Hall–Kier alpha value is -2.87. The summed E-state index contributed by atoms with van der Waals surface area (Å²) in [5, 5.41) is 10.3. The molecule has 1 fully saturated rings. The Labute approximate surface area is 155 Å². The van der Waals surface area contributed by atoms with Crippen molar-refractivity contribution in [2.24, 2.45) is 0 Å². The molecule has 2 aromatic rings. The number of halogens is 1. The van der Waals surface area contributed by atoms with Crippen molar-refractivity contribution >= 4 is 11.7 Å². The SMILES string of the molecule is O=C1c2c(O)c(=O)cc(N3CCOCC3)n2CCN1Cc1ccc(F)cc1. The zero-order chi connectivity index (χ0) is 19.0. The van der Waals surface area contributed by atoms with Crippen LogP contribution in [0.1, 0.15) is 16.1 Å². The van der Waals surface area contributed by atoms with Gasteiger partial charge in [0.05, 0.1) is 13.2 Å². The molecule has 142 valence electrons. The summed E-state index contributed by atoms with van der Waals surface area (Å²) in [5.41, 5.74) is 0.224. The molecule has 0 aliphatic carbocycles. The van der Waals surface area contributed by atoms with Crippen molar-refractivity contribution in [3.8, 4) is 5.75 Å². The molecule has 0 bridgehead atoms. The Morgan fingerprint density at radius 1 is 1.04 bits per heavy atom. The summed E-state index contributed by atoms with van der Waals surface area (Å²) in [7, 11) is 0. The van der Waals surface area contributed by atoms with Crippen molar-refractivity contribution in [1.29, 1.82) is 0 Å². The van der Waals surface area contributed by atoms with Crippen LogP contribution in [-0.2, 0) is 17.8 Å². The van der Waals surface area contributed by atoms with Crippen LogP contribution in [0.2, 0.25) is 0 Å². The number of aromatic nitrogens is 1. The van der Waals surface area contributed by atoms with E-state index in [9.17, 15) is 19.1 Å². The van der Waals surface area contributed by atoms with Crippen LogP contribution in [0.15, 0.2) is 35.1 Å². The van der Waals surface area contributed by atoms with E-state index in [0.29, 0.717) is 45.2 Å². The summed E-state index contributed by atoms with van der Waals surface area (Å²) in [6, 6.07) is 7.31. The van der Waals surface area contributed by atoms with E-state index in [-0.39, 0.29) is 18.1 Å². The smallest absolute Gasteiger partial charge is 0.274 e. The number of nitrogens with zero attached hydrogens (tertiary/aromatic N) is 3. The molecule has 7 nitrogen and oxygen atoms in total. The molecule has 1 aromatic heterocycles. The minimum Gasteiger partial charge on any atom is -0.503 e. The van der Waals surface area contributed by atoms with Crippen LogP contribution in [0.3, 0.4) is 0 Å². The molecule has 3 heterocycles. The van der Waals surface area contributed by atoms with Gasteiger partial charge in [-0.25, -0.2) is 4.39 Å². The predicted molar refractivity (Wildman–Crippen MR) is 96.5 cm³/mol. The summed E-state index contributed by atoms with van der Waals surface area (Å²) < 4.78 is 20.2. The van der Waals surface area contributed by atoms with E-state index in [1.54, 1.807) is 21.6 Å². The lowest BCUT2D eigenvalue weighted by atomic mass is 10.1. The molecule has 1 saturated heterocycles. The second kappa shape index (κ2) is 7.03. The van der Waals surface area contributed by atoms with Gasteiger partial charge in [-0.3, -0.25) is 9.59 Å². The number of hydrogen-bond acceptors (Lipinski definition) is 5. The van der Waals surface area contributed by atoms with E-state index in [1.807, 2.05) is 4.90 Å². The van der Waals surface area contributed by atoms with Crippen LogP contribution in [0.25, 0.3) is 0 Å². The number of rotatable bonds is 3. The Morgan fingerprint density at radius 2 is 1.74 bits per heavy atom. The van der Waals surface area contributed by atoms with Crippen molar-refractivity contribution in [2.45, 2.75) is 13.1 Å². The molecule has 0 unspecified atom stereocenters. The normalized spacial score (nSPS) is 17.1. The van der Waals surface area contributed by atoms with Crippen LogP contribution >= 0.6 is 0 Å². The molecule has 0 atom stereocenters. The predicted octanol–water partition coefficient (Wildman–Crippen LogP) is 1.19. The van der Waals surface area contributed by atoms with Gasteiger partial charge in [-0.15, -0.1) is 0 Å². The van der Waals surface area contributed by atoms with Crippen molar-refractivity contribution in [3.05, 3.63) is 57.6 Å². The van der Waals surface area contributed by atoms with Crippen LogP contribution in [0, 0.1) is 5.82 Å². The molecule has 2 aliphatic heterocycles. The first-order chi connectivity index (χ1) is 13.0. The lowest BCUT2D eigenvalue weighted by Crippen LogP contribution is -2.45. The van der Waals surface area contributed by atoms with Crippen molar-refractivity contribution in [2.75, 3.05) is 37.7 Å². The third-order valence-corrected chi connectivity index (χ3v) is 4.97. The van der Waals surface area contributed by atoms with Gasteiger partial charge < -0.3 is 24.2 Å². The average Bonchev–Trinajstić information content (AvgIpc) is 2.69. The standard InChI is InChI=1S/C19H20FN3O4/c20-14-3-1-13(2-4-14)12-22-5-6-23-16(21-7-9-27-10-8-21)11-15(24)18(25)17(23)19(22)26/h1-4,11,25H,5-10,12H2. The largest absolute Gasteiger partial charge is 0.503 e. The van der Waals surface area contributed by atoms with Crippen LogP contribution in [0.4, 0.5) is 10.2 Å². The Morgan fingerprint density at radius 3 is 2.44 bits per heavy atom. The van der Waals surface area contributed by atoms with Gasteiger partial charge in [0.2, 0.25) is 5.43 Å². The first kappa shape index (κ1) is 17.5. The van der Waals surface area contributed by atoms with Crippen molar-refractivity contribution in [3.63, 3.8) is 0 Å². The summed E-state index contributed by atoms with van der Waals surface area (Å²) >= 11 is 0. The lowest BCUT2D eigenvalue weighted by Gasteiger charge is -2.36. The van der Waals surface area contributed by atoms with E-state index in [4.69, 9.17) is 4.74 Å². The molecule has 2 aliphatic rings. The highest BCUT2D eigenvalue weighted by Crippen LogP contribution is 2.27. The molecule has 1 amide bonds. The zero-order valence-electron chi connectivity index (χ0n) is 14.7. The van der Waals surface area contributed by atoms with Gasteiger partial charge in [0.1, 0.15) is 11.6 Å².